The van der Waals surface area contributed by atoms with Crippen LogP contribution >= 0.6 is 0 Å². The van der Waals surface area contributed by atoms with Crippen molar-refractivity contribution >= 4 is 11.9 Å². The van der Waals surface area contributed by atoms with E-state index in [4.69, 9.17) is 0 Å². The Morgan fingerprint density at radius 3 is 2.74 bits per heavy atom. The zero-order chi connectivity index (χ0) is 19.0. The molecule has 1 aliphatic heterocycles. The van der Waals surface area contributed by atoms with Crippen molar-refractivity contribution in [3.05, 3.63) is 41.7 Å². The van der Waals surface area contributed by atoms with Gasteiger partial charge in [0.1, 0.15) is 12.4 Å². The minimum Gasteiger partial charge on any atom is -0.481 e. The van der Waals surface area contributed by atoms with Crippen LogP contribution in [0.1, 0.15) is 36.6 Å². The number of rotatable bonds is 4. The summed E-state index contributed by atoms with van der Waals surface area (Å²) in [6, 6.07) is 10.2. The van der Waals surface area contributed by atoms with Gasteiger partial charge in [-0.2, -0.15) is 0 Å². The third kappa shape index (κ3) is 3.09. The van der Waals surface area contributed by atoms with Gasteiger partial charge in [0.25, 0.3) is 0 Å². The molecule has 8 nitrogen and oxygen atoms in total. The minimum atomic E-state index is -0.837. The molecule has 2 fully saturated rings. The molecule has 1 aromatic heterocycles. The van der Waals surface area contributed by atoms with Crippen molar-refractivity contribution in [1.29, 1.82) is 0 Å². The molecule has 1 saturated carbocycles. The average molecular weight is 369 g/mol. The molecule has 2 aromatic rings. The number of carboxylic acid groups (broad SMARTS) is 1. The van der Waals surface area contributed by atoms with Crippen LogP contribution in [0.25, 0.3) is 0 Å². The Bertz CT molecular complexity index is 852. The van der Waals surface area contributed by atoms with E-state index in [1.807, 2.05) is 18.2 Å². The second-order valence-corrected chi connectivity index (χ2v) is 7.70. The number of benzene rings is 1. The predicted molar refractivity (Wildman–Crippen MR) is 95.7 cm³/mol. The lowest BCUT2D eigenvalue weighted by Gasteiger charge is -2.38. The number of aliphatic carboxylic acids is 1. The third-order valence-electron chi connectivity index (χ3n) is 6.25. The maximum Gasteiger partial charge on any atom is 0.311 e. The second-order valence-electron chi connectivity index (χ2n) is 7.70. The maximum absolute atomic E-state index is 12.7. The van der Waals surface area contributed by atoms with E-state index in [0.717, 1.165) is 12.8 Å². The molecular formula is C19H23N5O3. The summed E-state index contributed by atoms with van der Waals surface area (Å²) < 4.78 is 1.45. The molecule has 1 amide bonds. The molecule has 142 valence electrons. The molecule has 0 spiro atoms. The molecular weight excluding hydrogens is 346 g/mol. The summed E-state index contributed by atoms with van der Waals surface area (Å²) in [6.45, 7) is 2.54. The van der Waals surface area contributed by atoms with Crippen molar-refractivity contribution < 1.29 is 14.7 Å². The lowest BCUT2D eigenvalue weighted by atomic mass is 9.64. The topological polar surface area (TPSA) is 101 Å². The third-order valence-corrected chi connectivity index (χ3v) is 6.25. The van der Waals surface area contributed by atoms with Gasteiger partial charge in [0, 0.05) is 13.1 Å². The van der Waals surface area contributed by atoms with E-state index < -0.39 is 11.4 Å². The number of nitrogens with zero attached hydrogens (tertiary/aromatic N) is 5. The quantitative estimate of drug-likeness (QED) is 0.876. The van der Waals surface area contributed by atoms with Gasteiger partial charge in [-0.15, -0.1) is 5.10 Å². The standard InChI is InChI=1S/C19H23N5O3/c1-13-20-21-22-24(13)11-17(25)23-10-16-9-15(14-5-3-2-4-6-14)7-8-19(16,12-23)18(26)27/h2-6,15-16H,7-12H2,1H3,(H,26,27)/t15-,16-,19-/m0/s1. The highest BCUT2D eigenvalue weighted by molar-refractivity contribution is 5.81. The Hall–Kier alpha value is -2.77. The number of fused-ring (bicyclic) bond motifs is 1. The van der Waals surface area contributed by atoms with Crippen LogP contribution < -0.4 is 0 Å². The van der Waals surface area contributed by atoms with Gasteiger partial charge in [0.15, 0.2) is 0 Å². The average Bonchev–Trinajstić information content (AvgIpc) is 3.26. The molecule has 0 bridgehead atoms. The summed E-state index contributed by atoms with van der Waals surface area (Å²) in [5.41, 5.74) is 0.418. The van der Waals surface area contributed by atoms with Crippen molar-refractivity contribution in [2.45, 2.75) is 38.6 Å². The van der Waals surface area contributed by atoms with Crippen LogP contribution in [-0.4, -0.2) is 55.2 Å². The number of tetrazole rings is 1. The number of hydrogen-bond donors (Lipinski definition) is 1. The molecule has 8 heteroatoms. The highest BCUT2D eigenvalue weighted by Gasteiger charge is 2.55. The summed E-state index contributed by atoms with van der Waals surface area (Å²) in [6.07, 6.45) is 2.23. The van der Waals surface area contributed by atoms with Gasteiger partial charge in [0.2, 0.25) is 5.91 Å². The second kappa shape index (κ2) is 6.75. The minimum absolute atomic E-state index is 0.0344. The first-order chi connectivity index (χ1) is 13.0. The summed E-state index contributed by atoms with van der Waals surface area (Å²) in [5, 5.41) is 21.1. The fourth-order valence-electron chi connectivity index (χ4n) is 4.64. The Balaban J connectivity index is 1.52. The van der Waals surface area contributed by atoms with Crippen LogP contribution in [0, 0.1) is 18.3 Å². The zero-order valence-electron chi connectivity index (χ0n) is 15.3. The molecule has 1 aromatic carbocycles. The Kier molecular flexibility index (Phi) is 4.41. The van der Waals surface area contributed by atoms with E-state index in [0.29, 0.717) is 24.7 Å². The van der Waals surface area contributed by atoms with Crippen molar-refractivity contribution in [2.24, 2.45) is 11.3 Å². The van der Waals surface area contributed by atoms with Crippen LogP contribution in [0.2, 0.25) is 0 Å². The van der Waals surface area contributed by atoms with Crippen LogP contribution in [0.4, 0.5) is 0 Å². The van der Waals surface area contributed by atoms with Crippen molar-refractivity contribution in [3.8, 4) is 0 Å². The largest absolute Gasteiger partial charge is 0.481 e. The first-order valence-corrected chi connectivity index (χ1v) is 9.28. The fraction of sp³-hybridized carbons (Fsp3) is 0.526. The number of hydrogen-bond acceptors (Lipinski definition) is 5. The van der Waals surface area contributed by atoms with Crippen molar-refractivity contribution in [2.75, 3.05) is 13.1 Å². The van der Waals surface area contributed by atoms with Gasteiger partial charge >= 0.3 is 5.97 Å². The van der Waals surface area contributed by atoms with E-state index in [2.05, 4.69) is 27.7 Å². The number of aromatic nitrogens is 4. The first kappa shape index (κ1) is 17.6. The molecule has 1 N–H and O–H groups in total. The molecule has 2 heterocycles. The summed E-state index contributed by atoms with van der Waals surface area (Å²) in [7, 11) is 0. The lowest BCUT2D eigenvalue weighted by Crippen LogP contribution is -2.43. The fourth-order valence-corrected chi connectivity index (χ4v) is 4.64. The van der Waals surface area contributed by atoms with Gasteiger partial charge in [0.05, 0.1) is 5.41 Å². The van der Waals surface area contributed by atoms with Gasteiger partial charge in [-0.25, -0.2) is 4.68 Å². The number of aryl methyl sites for hydroxylation is 1. The Morgan fingerprint density at radius 2 is 2.07 bits per heavy atom. The smallest absolute Gasteiger partial charge is 0.311 e. The van der Waals surface area contributed by atoms with E-state index in [9.17, 15) is 14.7 Å². The van der Waals surface area contributed by atoms with Crippen LogP contribution in [0.5, 0.6) is 0 Å². The number of carbonyl (C=O) groups is 2. The van der Waals surface area contributed by atoms with Gasteiger partial charge in [-0.1, -0.05) is 30.3 Å². The van der Waals surface area contributed by atoms with E-state index >= 15 is 0 Å². The number of carbonyl (C=O) groups excluding carboxylic acids is 1. The molecule has 27 heavy (non-hydrogen) atoms. The van der Waals surface area contributed by atoms with E-state index in [1.165, 1.54) is 10.2 Å². The highest BCUT2D eigenvalue weighted by atomic mass is 16.4. The zero-order valence-corrected chi connectivity index (χ0v) is 15.3. The van der Waals surface area contributed by atoms with Crippen molar-refractivity contribution in [1.82, 2.24) is 25.1 Å². The molecule has 4 rings (SSSR count). The Labute approximate surface area is 157 Å². The van der Waals surface area contributed by atoms with E-state index in [1.54, 1.807) is 11.8 Å². The number of amides is 1. The van der Waals surface area contributed by atoms with Crippen LogP contribution in [-0.2, 0) is 16.1 Å². The Morgan fingerprint density at radius 1 is 1.30 bits per heavy atom. The monoisotopic (exact) mass is 369 g/mol. The molecule has 1 saturated heterocycles. The van der Waals surface area contributed by atoms with Gasteiger partial charge in [-0.05, 0) is 54.0 Å². The molecule has 0 radical (unpaired) electrons. The molecule has 1 aliphatic carbocycles. The van der Waals surface area contributed by atoms with E-state index in [-0.39, 0.29) is 24.9 Å². The SMILES string of the molecule is Cc1nnnn1CC(=O)N1C[C@@H]2C[C@@H](c3ccccc3)CC[C@]2(C(=O)O)C1. The molecule has 2 aliphatic rings. The van der Waals surface area contributed by atoms with Gasteiger partial charge in [-0.3, -0.25) is 9.59 Å². The predicted octanol–water partition coefficient (Wildman–Crippen LogP) is 1.48. The molecule has 3 atom stereocenters. The highest BCUT2D eigenvalue weighted by Crippen LogP contribution is 2.51. The van der Waals surface area contributed by atoms with Gasteiger partial charge < -0.3 is 10.0 Å². The molecule has 0 unspecified atom stereocenters. The van der Waals surface area contributed by atoms with Crippen molar-refractivity contribution in [3.63, 3.8) is 0 Å². The normalized spacial score (nSPS) is 27.4. The van der Waals surface area contributed by atoms with Crippen LogP contribution in [0.15, 0.2) is 30.3 Å². The summed E-state index contributed by atoms with van der Waals surface area (Å²) in [4.78, 5) is 26.6. The number of carboxylic acids is 1. The maximum atomic E-state index is 12.7. The summed E-state index contributed by atoms with van der Waals surface area (Å²) >= 11 is 0. The van der Waals surface area contributed by atoms with Crippen LogP contribution in [0.3, 0.4) is 0 Å². The number of likely N-dealkylation sites (tertiary alicyclic amines) is 1. The lowest BCUT2D eigenvalue weighted by molar-refractivity contribution is -0.153. The summed E-state index contributed by atoms with van der Waals surface area (Å²) in [5.74, 6) is -0.0324. The first-order valence-electron chi connectivity index (χ1n) is 9.28.